The van der Waals surface area contributed by atoms with Crippen molar-refractivity contribution in [3.05, 3.63) is 35.1 Å². The second-order valence-corrected chi connectivity index (χ2v) is 14.3. The number of allylic oxidation sites excluding steroid dienone is 4. The molecule has 4 rings (SSSR count). The standard InChI is InChI=1S/C38H62O7/c1-27(2)13-11-14-28(3)15-12-17-34(44-36-18-6-9-21-42-36)38-33-24-31(30(26-39)16-5-8-20-41-29(4)40)23-32(33)25-35(38)45-37-19-7-10-22-43-37/h13,17,23,28,30,32-33,35-39H,5-12,14-16,18-22,24-26H2,1-4H3/t28-,30?,32?,33?,35+,36?,37?,38-/m1/s1. The second kappa shape index (κ2) is 19.2. The highest BCUT2D eigenvalue weighted by Gasteiger charge is 2.50. The zero-order valence-corrected chi connectivity index (χ0v) is 28.7. The quantitative estimate of drug-likeness (QED) is 0.0705. The summed E-state index contributed by atoms with van der Waals surface area (Å²) >= 11 is 0. The molecule has 0 spiro atoms. The zero-order valence-electron chi connectivity index (χ0n) is 28.7. The molecule has 0 bridgehead atoms. The van der Waals surface area contributed by atoms with Crippen LogP contribution in [0.4, 0.5) is 0 Å². The SMILES string of the molecule is CC(=O)OCCCCC(CO)C1=CC2C[C@H](OC3CCCCO3)[C@@H](C(=CCC[C@H](C)CCC=C(C)C)OC3CCCCO3)C2C1. The van der Waals surface area contributed by atoms with E-state index in [1.807, 2.05) is 0 Å². The summed E-state index contributed by atoms with van der Waals surface area (Å²) in [5.41, 5.74) is 2.77. The molecule has 2 heterocycles. The minimum absolute atomic E-state index is 0.0436. The van der Waals surface area contributed by atoms with Crippen molar-refractivity contribution in [1.82, 2.24) is 0 Å². The first-order chi connectivity index (χ1) is 21.8. The van der Waals surface area contributed by atoms with Gasteiger partial charge in [0.15, 0.2) is 12.6 Å². The summed E-state index contributed by atoms with van der Waals surface area (Å²) in [5.74, 6) is 2.54. The fourth-order valence-electron chi connectivity index (χ4n) is 7.70. The number of fused-ring (bicyclic) bond motifs is 1. The molecule has 0 amide bonds. The average molecular weight is 631 g/mol. The monoisotopic (exact) mass is 630 g/mol. The van der Waals surface area contributed by atoms with Crippen LogP contribution in [0.2, 0.25) is 0 Å². The van der Waals surface area contributed by atoms with Crippen LogP contribution in [0.1, 0.15) is 124 Å². The summed E-state index contributed by atoms with van der Waals surface area (Å²) < 4.78 is 30.9. The molecular formula is C38H62O7. The molecule has 2 saturated heterocycles. The highest BCUT2D eigenvalue weighted by Crippen LogP contribution is 2.53. The molecule has 5 unspecified atom stereocenters. The van der Waals surface area contributed by atoms with Gasteiger partial charge in [-0.1, -0.05) is 30.2 Å². The Kier molecular flexibility index (Phi) is 15.5. The van der Waals surface area contributed by atoms with Crippen molar-refractivity contribution < 1.29 is 33.6 Å². The van der Waals surface area contributed by atoms with E-state index in [1.54, 1.807) is 0 Å². The summed E-state index contributed by atoms with van der Waals surface area (Å²) in [6.07, 6.45) is 22.3. The number of carbonyl (C=O) groups is 1. The topological polar surface area (TPSA) is 83.5 Å². The van der Waals surface area contributed by atoms with E-state index in [0.717, 1.165) is 109 Å². The molecule has 1 N–H and O–H groups in total. The van der Waals surface area contributed by atoms with E-state index in [4.69, 9.17) is 23.7 Å². The van der Waals surface area contributed by atoms with E-state index in [1.165, 1.54) is 24.5 Å². The van der Waals surface area contributed by atoms with Gasteiger partial charge in [0, 0.05) is 38.4 Å². The normalized spacial score (nSPS) is 29.9. The summed E-state index contributed by atoms with van der Waals surface area (Å²) in [6.45, 7) is 10.3. The van der Waals surface area contributed by atoms with Crippen LogP contribution in [0, 0.1) is 29.6 Å². The average Bonchev–Trinajstić information content (AvgIpc) is 3.56. The van der Waals surface area contributed by atoms with Crippen LogP contribution in [-0.4, -0.2) is 56.2 Å². The number of carbonyl (C=O) groups excluding carboxylic acids is 1. The van der Waals surface area contributed by atoms with Crippen molar-refractivity contribution in [2.75, 3.05) is 26.4 Å². The Labute approximate surface area is 273 Å². The van der Waals surface area contributed by atoms with Gasteiger partial charge in [0.2, 0.25) is 0 Å². The van der Waals surface area contributed by atoms with Crippen molar-refractivity contribution >= 4 is 5.97 Å². The number of esters is 1. The lowest BCUT2D eigenvalue weighted by Gasteiger charge is -2.34. The fourth-order valence-corrected chi connectivity index (χ4v) is 7.70. The Balaban J connectivity index is 1.49. The predicted molar refractivity (Wildman–Crippen MR) is 177 cm³/mol. The maximum atomic E-state index is 11.1. The summed E-state index contributed by atoms with van der Waals surface area (Å²) in [5, 5.41) is 10.4. The van der Waals surface area contributed by atoms with Gasteiger partial charge >= 0.3 is 5.97 Å². The number of aliphatic hydroxyl groups excluding tert-OH is 1. The van der Waals surface area contributed by atoms with Crippen LogP contribution < -0.4 is 0 Å². The molecule has 0 aromatic carbocycles. The first kappa shape index (κ1) is 36.2. The molecule has 2 aliphatic carbocycles. The molecule has 7 nitrogen and oxygen atoms in total. The molecule has 0 radical (unpaired) electrons. The van der Waals surface area contributed by atoms with Crippen LogP contribution >= 0.6 is 0 Å². The van der Waals surface area contributed by atoms with Crippen LogP contribution in [0.25, 0.3) is 0 Å². The van der Waals surface area contributed by atoms with E-state index in [0.29, 0.717) is 24.4 Å². The molecule has 0 aromatic heterocycles. The van der Waals surface area contributed by atoms with Gasteiger partial charge < -0.3 is 28.8 Å². The van der Waals surface area contributed by atoms with Gasteiger partial charge in [-0.2, -0.15) is 0 Å². The Bertz CT molecular complexity index is 971. The van der Waals surface area contributed by atoms with Crippen molar-refractivity contribution in [2.24, 2.45) is 29.6 Å². The van der Waals surface area contributed by atoms with Crippen LogP contribution in [0.15, 0.2) is 35.1 Å². The van der Waals surface area contributed by atoms with E-state index >= 15 is 0 Å². The molecule has 1 saturated carbocycles. The minimum atomic E-state index is -0.232. The Hall–Kier alpha value is -1.67. The molecule has 7 heteroatoms. The van der Waals surface area contributed by atoms with Gasteiger partial charge in [0.05, 0.1) is 19.3 Å². The van der Waals surface area contributed by atoms with Gasteiger partial charge in [-0.05, 0) is 128 Å². The fraction of sp³-hybridized carbons (Fsp3) is 0.816. The number of ether oxygens (including phenoxy) is 5. The van der Waals surface area contributed by atoms with Gasteiger partial charge in [0.25, 0.3) is 0 Å². The third-order valence-electron chi connectivity index (χ3n) is 10.2. The van der Waals surface area contributed by atoms with Crippen molar-refractivity contribution in [1.29, 1.82) is 0 Å². The minimum Gasteiger partial charge on any atom is -0.469 e. The highest BCUT2D eigenvalue weighted by molar-refractivity contribution is 5.65. The maximum absolute atomic E-state index is 11.1. The largest absolute Gasteiger partial charge is 0.469 e. The van der Waals surface area contributed by atoms with Gasteiger partial charge in [-0.15, -0.1) is 0 Å². The molecule has 8 atom stereocenters. The van der Waals surface area contributed by atoms with Crippen molar-refractivity contribution in [3.8, 4) is 0 Å². The van der Waals surface area contributed by atoms with E-state index in [9.17, 15) is 9.90 Å². The first-order valence-electron chi connectivity index (χ1n) is 18.2. The molecule has 4 aliphatic rings. The molecule has 3 fully saturated rings. The van der Waals surface area contributed by atoms with E-state index in [-0.39, 0.29) is 43.1 Å². The lowest BCUT2D eigenvalue weighted by atomic mass is 9.84. The molecule has 45 heavy (non-hydrogen) atoms. The number of rotatable bonds is 18. The van der Waals surface area contributed by atoms with Crippen LogP contribution in [-0.2, 0) is 28.5 Å². The van der Waals surface area contributed by atoms with E-state index in [2.05, 4.69) is 39.0 Å². The number of unbranched alkanes of at least 4 members (excludes halogenated alkanes) is 1. The Morgan fingerprint density at radius 1 is 0.978 bits per heavy atom. The molecule has 0 aromatic rings. The first-order valence-corrected chi connectivity index (χ1v) is 18.2. The van der Waals surface area contributed by atoms with Crippen LogP contribution in [0.5, 0.6) is 0 Å². The Morgan fingerprint density at radius 3 is 2.33 bits per heavy atom. The van der Waals surface area contributed by atoms with Gasteiger partial charge in [0.1, 0.15) is 5.76 Å². The molecule has 2 aliphatic heterocycles. The lowest BCUT2D eigenvalue weighted by molar-refractivity contribution is -0.201. The van der Waals surface area contributed by atoms with Crippen molar-refractivity contribution in [3.63, 3.8) is 0 Å². The van der Waals surface area contributed by atoms with Gasteiger partial charge in [-0.3, -0.25) is 4.79 Å². The summed E-state index contributed by atoms with van der Waals surface area (Å²) in [4.78, 5) is 11.1. The summed E-state index contributed by atoms with van der Waals surface area (Å²) in [6, 6.07) is 0. The zero-order chi connectivity index (χ0) is 32.0. The smallest absolute Gasteiger partial charge is 0.302 e. The third-order valence-corrected chi connectivity index (χ3v) is 10.2. The third kappa shape index (κ3) is 11.8. The summed E-state index contributed by atoms with van der Waals surface area (Å²) in [7, 11) is 0. The second-order valence-electron chi connectivity index (χ2n) is 14.3. The Morgan fingerprint density at radius 2 is 1.69 bits per heavy atom. The van der Waals surface area contributed by atoms with Crippen LogP contribution in [0.3, 0.4) is 0 Å². The van der Waals surface area contributed by atoms with Crippen molar-refractivity contribution in [2.45, 2.75) is 143 Å². The molecular weight excluding hydrogens is 568 g/mol. The number of hydrogen-bond acceptors (Lipinski definition) is 7. The highest BCUT2D eigenvalue weighted by atomic mass is 16.7. The molecule has 256 valence electrons. The van der Waals surface area contributed by atoms with E-state index < -0.39 is 0 Å². The van der Waals surface area contributed by atoms with Gasteiger partial charge in [-0.25, -0.2) is 0 Å². The number of aliphatic hydroxyl groups is 1. The number of hydrogen-bond donors (Lipinski definition) is 1. The maximum Gasteiger partial charge on any atom is 0.302 e. The predicted octanol–water partition coefficient (Wildman–Crippen LogP) is 8.41. The lowest BCUT2D eigenvalue weighted by Crippen LogP contribution is -2.34.